The number of nitrogens with zero attached hydrogens (tertiary/aromatic N) is 3. The molecule has 2 heterocycles. The van der Waals surface area contributed by atoms with Crippen molar-refractivity contribution in [1.82, 2.24) is 19.8 Å². The summed E-state index contributed by atoms with van der Waals surface area (Å²) in [5.74, 6) is 0.234. The second kappa shape index (κ2) is 4.65. The maximum absolute atomic E-state index is 11.7. The van der Waals surface area contributed by atoms with Crippen LogP contribution < -0.4 is 0 Å². The van der Waals surface area contributed by atoms with Crippen molar-refractivity contribution in [2.45, 2.75) is 19.4 Å². The van der Waals surface area contributed by atoms with Gasteiger partial charge in [0.1, 0.15) is 0 Å². The fourth-order valence-corrected chi connectivity index (χ4v) is 2.11. The lowest BCUT2D eigenvalue weighted by Gasteiger charge is -2.38. The Balaban J connectivity index is 2.09. The average molecular weight is 222 g/mol. The smallest absolute Gasteiger partial charge is 0.222 e. The number of likely N-dealkylation sites (N-methyl/N-ethyl adjacent to an activating group) is 1. The van der Waals surface area contributed by atoms with E-state index in [2.05, 4.69) is 21.9 Å². The monoisotopic (exact) mass is 222 g/mol. The van der Waals surface area contributed by atoms with Crippen LogP contribution in [0.4, 0.5) is 0 Å². The first kappa shape index (κ1) is 11.1. The molecule has 16 heavy (non-hydrogen) atoms. The van der Waals surface area contributed by atoms with Crippen LogP contribution in [0.25, 0.3) is 0 Å². The molecular weight excluding hydrogens is 204 g/mol. The Morgan fingerprint density at radius 2 is 2.44 bits per heavy atom. The van der Waals surface area contributed by atoms with Crippen molar-refractivity contribution in [3.05, 3.63) is 18.2 Å². The number of nitrogens with one attached hydrogen (secondary N) is 1. The third kappa shape index (κ3) is 2.09. The normalized spacial score (nSPS) is 22.4. The van der Waals surface area contributed by atoms with Crippen LogP contribution in [0.1, 0.15) is 25.1 Å². The van der Waals surface area contributed by atoms with Crippen LogP contribution in [-0.2, 0) is 4.79 Å². The number of rotatable bonds is 2. The summed E-state index contributed by atoms with van der Waals surface area (Å²) >= 11 is 0. The molecule has 0 radical (unpaired) electrons. The van der Waals surface area contributed by atoms with Gasteiger partial charge in [-0.15, -0.1) is 0 Å². The number of carbonyl (C=O) groups excluding carboxylic acids is 1. The summed E-state index contributed by atoms with van der Waals surface area (Å²) in [6.45, 7) is 4.40. The molecule has 1 aliphatic rings. The molecule has 0 bridgehead atoms. The zero-order chi connectivity index (χ0) is 11.5. The molecule has 1 fully saturated rings. The van der Waals surface area contributed by atoms with Crippen molar-refractivity contribution in [2.24, 2.45) is 0 Å². The lowest BCUT2D eigenvalue weighted by molar-refractivity contribution is -0.133. The Bertz CT molecular complexity index is 349. The summed E-state index contributed by atoms with van der Waals surface area (Å²) < 4.78 is 0. The maximum atomic E-state index is 11.7. The van der Waals surface area contributed by atoms with Gasteiger partial charge in [0.2, 0.25) is 5.91 Å². The average Bonchev–Trinajstić information content (AvgIpc) is 2.82. The van der Waals surface area contributed by atoms with Gasteiger partial charge in [0.05, 0.1) is 18.1 Å². The Morgan fingerprint density at radius 3 is 3.06 bits per heavy atom. The molecule has 2 rings (SSSR count). The van der Waals surface area contributed by atoms with Crippen LogP contribution in [0.3, 0.4) is 0 Å². The lowest BCUT2D eigenvalue weighted by Crippen LogP contribution is -2.48. The van der Waals surface area contributed by atoms with Crippen LogP contribution in [0, 0.1) is 0 Å². The van der Waals surface area contributed by atoms with E-state index in [1.54, 1.807) is 6.33 Å². The third-order valence-corrected chi connectivity index (χ3v) is 3.18. The Kier molecular flexibility index (Phi) is 3.24. The van der Waals surface area contributed by atoms with E-state index in [0.717, 1.165) is 25.3 Å². The molecule has 0 aliphatic carbocycles. The largest absolute Gasteiger partial charge is 0.347 e. The van der Waals surface area contributed by atoms with Crippen molar-refractivity contribution in [2.75, 3.05) is 26.7 Å². The predicted octanol–water partition coefficient (Wildman–Crippen LogP) is 0.635. The number of aromatic amines is 1. The number of aromatic nitrogens is 2. The molecule has 1 aromatic rings. The van der Waals surface area contributed by atoms with Gasteiger partial charge in [0, 0.05) is 32.3 Å². The minimum absolute atomic E-state index is 0.234. The second-order valence-electron chi connectivity index (χ2n) is 4.20. The zero-order valence-corrected chi connectivity index (χ0v) is 9.81. The quantitative estimate of drug-likeness (QED) is 0.798. The highest BCUT2D eigenvalue weighted by Gasteiger charge is 2.28. The highest BCUT2D eigenvalue weighted by molar-refractivity contribution is 5.76. The number of carbonyl (C=O) groups is 1. The van der Waals surface area contributed by atoms with Gasteiger partial charge in [-0.2, -0.15) is 0 Å². The van der Waals surface area contributed by atoms with E-state index in [1.165, 1.54) is 0 Å². The van der Waals surface area contributed by atoms with Gasteiger partial charge in [0.25, 0.3) is 0 Å². The number of H-pyrrole nitrogens is 1. The molecule has 0 saturated carbocycles. The van der Waals surface area contributed by atoms with Crippen LogP contribution in [-0.4, -0.2) is 52.4 Å². The molecule has 1 aliphatic heterocycles. The Labute approximate surface area is 95.5 Å². The van der Waals surface area contributed by atoms with Gasteiger partial charge in [-0.25, -0.2) is 4.98 Å². The van der Waals surface area contributed by atoms with Crippen LogP contribution in [0.15, 0.2) is 12.5 Å². The molecule has 1 unspecified atom stereocenters. The number of hydrogen-bond donors (Lipinski definition) is 1. The molecule has 1 N–H and O–H groups in total. The van der Waals surface area contributed by atoms with Gasteiger partial charge in [-0.1, -0.05) is 6.92 Å². The van der Waals surface area contributed by atoms with Crippen molar-refractivity contribution in [3.8, 4) is 0 Å². The molecule has 1 amide bonds. The van der Waals surface area contributed by atoms with Crippen molar-refractivity contribution >= 4 is 5.91 Å². The van der Waals surface area contributed by atoms with E-state index in [-0.39, 0.29) is 11.9 Å². The SMILES string of the molecule is CCC(=O)N1CCN(C)C(c2cnc[nH]2)C1. The van der Waals surface area contributed by atoms with Gasteiger partial charge in [-0.05, 0) is 7.05 Å². The molecule has 0 aromatic carbocycles. The number of piperazine rings is 1. The van der Waals surface area contributed by atoms with Crippen LogP contribution >= 0.6 is 0 Å². The first-order valence-electron chi connectivity index (χ1n) is 5.68. The standard InChI is InChI=1S/C11H18N4O/c1-3-11(16)15-5-4-14(2)10(7-15)9-6-12-8-13-9/h6,8,10H,3-5,7H2,1-2H3,(H,12,13). The fourth-order valence-electron chi connectivity index (χ4n) is 2.11. The predicted molar refractivity (Wildman–Crippen MR) is 60.8 cm³/mol. The summed E-state index contributed by atoms with van der Waals surface area (Å²) in [5, 5.41) is 0. The Hall–Kier alpha value is -1.36. The van der Waals surface area contributed by atoms with Gasteiger partial charge < -0.3 is 9.88 Å². The first-order valence-corrected chi connectivity index (χ1v) is 5.68. The first-order chi connectivity index (χ1) is 7.72. The molecule has 1 saturated heterocycles. The zero-order valence-electron chi connectivity index (χ0n) is 9.81. The summed E-state index contributed by atoms with van der Waals surface area (Å²) in [6.07, 6.45) is 4.10. The lowest BCUT2D eigenvalue weighted by atomic mass is 10.1. The van der Waals surface area contributed by atoms with Crippen LogP contribution in [0.5, 0.6) is 0 Å². The minimum atomic E-state index is 0.234. The van der Waals surface area contributed by atoms with Crippen molar-refractivity contribution in [3.63, 3.8) is 0 Å². The van der Waals surface area contributed by atoms with E-state index in [4.69, 9.17) is 0 Å². The van der Waals surface area contributed by atoms with Gasteiger partial charge in [-0.3, -0.25) is 9.69 Å². The number of amides is 1. The summed E-state index contributed by atoms with van der Waals surface area (Å²) in [4.78, 5) is 23.0. The van der Waals surface area contributed by atoms with Crippen LogP contribution in [0.2, 0.25) is 0 Å². The molecule has 0 spiro atoms. The van der Waals surface area contributed by atoms with E-state index >= 15 is 0 Å². The summed E-state index contributed by atoms with van der Waals surface area (Å²) in [5.41, 5.74) is 1.08. The molecule has 1 aromatic heterocycles. The molecular formula is C11H18N4O. The number of hydrogen-bond acceptors (Lipinski definition) is 3. The third-order valence-electron chi connectivity index (χ3n) is 3.18. The van der Waals surface area contributed by atoms with Crippen molar-refractivity contribution in [1.29, 1.82) is 0 Å². The van der Waals surface area contributed by atoms with E-state index < -0.39 is 0 Å². The van der Waals surface area contributed by atoms with E-state index in [1.807, 2.05) is 18.0 Å². The summed E-state index contributed by atoms with van der Waals surface area (Å²) in [6, 6.07) is 0.242. The Morgan fingerprint density at radius 1 is 1.62 bits per heavy atom. The minimum Gasteiger partial charge on any atom is -0.347 e. The maximum Gasteiger partial charge on any atom is 0.222 e. The highest BCUT2D eigenvalue weighted by Crippen LogP contribution is 2.22. The fraction of sp³-hybridized carbons (Fsp3) is 0.636. The molecule has 5 heteroatoms. The van der Waals surface area contributed by atoms with E-state index in [0.29, 0.717) is 6.42 Å². The van der Waals surface area contributed by atoms with Gasteiger partial charge in [0.15, 0.2) is 0 Å². The topological polar surface area (TPSA) is 52.2 Å². The molecule has 1 atom stereocenters. The van der Waals surface area contributed by atoms with Crippen molar-refractivity contribution < 1.29 is 4.79 Å². The molecule has 5 nitrogen and oxygen atoms in total. The molecule has 88 valence electrons. The second-order valence-corrected chi connectivity index (χ2v) is 4.20. The summed E-state index contributed by atoms with van der Waals surface area (Å²) in [7, 11) is 2.08. The highest BCUT2D eigenvalue weighted by atomic mass is 16.2. The van der Waals surface area contributed by atoms with Gasteiger partial charge >= 0.3 is 0 Å². The van der Waals surface area contributed by atoms with E-state index in [9.17, 15) is 4.79 Å². The number of imidazole rings is 1.